The van der Waals surface area contributed by atoms with Gasteiger partial charge in [0.05, 0.1) is 13.1 Å². The number of hydrogen-bond donors (Lipinski definition) is 2. The Kier molecular flexibility index (Phi) is 5.08. The van der Waals surface area contributed by atoms with Crippen molar-refractivity contribution in [3.63, 3.8) is 0 Å². The van der Waals surface area contributed by atoms with Crippen molar-refractivity contribution in [1.82, 2.24) is 0 Å². The molecule has 0 saturated heterocycles. The van der Waals surface area contributed by atoms with Crippen LogP contribution < -0.4 is 23.0 Å². The molecule has 1 aliphatic heterocycles. The lowest BCUT2D eigenvalue weighted by Crippen LogP contribution is -3.00. The average molecular weight is 291 g/mol. The molecular formula is C10H13BrClN3. The zero-order valence-corrected chi connectivity index (χ0v) is 10.6. The fourth-order valence-corrected chi connectivity index (χ4v) is 1.63. The number of nitrogens with zero attached hydrogens (tertiary/aromatic N) is 1. The number of benzene rings is 1. The number of aliphatic imine (C=N–C) groups is 1. The molecular weight excluding hydrogens is 277 g/mol. The van der Waals surface area contributed by atoms with Gasteiger partial charge in [-0.2, -0.15) is 0 Å². The summed E-state index contributed by atoms with van der Waals surface area (Å²) in [7, 11) is 0. The van der Waals surface area contributed by atoms with E-state index in [0.717, 1.165) is 29.2 Å². The van der Waals surface area contributed by atoms with Gasteiger partial charge in [-0.1, -0.05) is 15.9 Å². The largest absolute Gasteiger partial charge is 1.00 e. The normalized spacial score (nSPS) is 15.1. The summed E-state index contributed by atoms with van der Waals surface area (Å²) in [5.74, 6) is 0.999. The Morgan fingerprint density at radius 1 is 1.27 bits per heavy atom. The highest BCUT2D eigenvalue weighted by molar-refractivity contribution is 9.10. The molecule has 3 N–H and O–H groups in total. The fourth-order valence-electron chi connectivity index (χ4n) is 1.37. The van der Waals surface area contributed by atoms with Crippen LogP contribution in [0, 0.1) is 0 Å². The number of guanidine groups is 1. The highest BCUT2D eigenvalue weighted by Gasteiger charge is 2.07. The Hall–Kier alpha value is -0.580. The number of halogens is 2. The van der Waals surface area contributed by atoms with Crippen molar-refractivity contribution in [2.75, 3.05) is 18.4 Å². The molecule has 15 heavy (non-hydrogen) atoms. The summed E-state index contributed by atoms with van der Waals surface area (Å²) < 4.78 is 1.10. The number of nitrogens with one attached hydrogen (secondary N) is 1. The first-order chi connectivity index (χ1) is 6.84. The zero-order chi connectivity index (χ0) is 9.80. The van der Waals surface area contributed by atoms with Crippen LogP contribution in [-0.2, 0) is 0 Å². The van der Waals surface area contributed by atoms with Gasteiger partial charge in [-0.05, 0) is 24.3 Å². The van der Waals surface area contributed by atoms with Gasteiger partial charge < -0.3 is 12.4 Å². The third kappa shape index (κ3) is 3.81. The van der Waals surface area contributed by atoms with Crippen LogP contribution in [0.3, 0.4) is 0 Å². The van der Waals surface area contributed by atoms with Gasteiger partial charge >= 0.3 is 0 Å². The summed E-state index contributed by atoms with van der Waals surface area (Å²) in [6.45, 7) is 2.07. The molecule has 0 aromatic heterocycles. The first-order valence-electron chi connectivity index (χ1n) is 4.75. The van der Waals surface area contributed by atoms with Gasteiger partial charge in [0.25, 0.3) is 5.96 Å². The first-order valence-corrected chi connectivity index (χ1v) is 5.54. The van der Waals surface area contributed by atoms with Gasteiger partial charge in [0, 0.05) is 16.6 Å². The van der Waals surface area contributed by atoms with E-state index < -0.39 is 0 Å². The van der Waals surface area contributed by atoms with Gasteiger partial charge in [-0.15, -0.1) is 0 Å². The van der Waals surface area contributed by atoms with Crippen LogP contribution >= 0.6 is 15.9 Å². The van der Waals surface area contributed by atoms with Crippen molar-refractivity contribution in [2.45, 2.75) is 6.42 Å². The van der Waals surface area contributed by atoms with E-state index in [2.05, 4.69) is 31.6 Å². The summed E-state index contributed by atoms with van der Waals surface area (Å²) in [5, 5.41) is 5.43. The summed E-state index contributed by atoms with van der Waals surface area (Å²) in [6, 6.07) is 8.11. The molecule has 82 valence electrons. The van der Waals surface area contributed by atoms with E-state index in [-0.39, 0.29) is 12.4 Å². The molecule has 1 aromatic carbocycles. The van der Waals surface area contributed by atoms with Crippen LogP contribution in [0.4, 0.5) is 5.69 Å². The van der Waals surface area contributed by atoms with Gasteiger partial charge in [-0.3, -0.25) is 10.6 Å². The molecule has 0 amide bonds. The van der Waals surface area contributed by atoms with Crippen LogP contribution in [0.5, 0.6) is 0 Å². The predicted molar refractivity (Wildman–Crippen MR) is 61.5 cm³/mol. The molecule has 1 aliphatic rings. The fraction of sp³-hybridized carbons (Fsp3) is 0.300. The number of hydrogen-bond acceptors (Lipinski definition) is 2. The molecule has 0 unspecified atom stereocenters. The molecule has 1 aromatic rings. The second kappa shape index (κ2) is 6.10. The van der Waals surface area contributed by atoms with Crippen molar-refractivity contribution in [3.05, 3.63) is 28.7 Å². The third-order valence-electron chi connectivity index (χ3n) is 2.10. The van der Waals surface area contributed by atoms with Crippen molar-refractivity contribution in [2.24, 2.45) is 4.99 Å². The summed E-state index contributed by atoms with van der Waals surface area (Å²) in [5.41, 5.74) is 1.09. The monoisotopic (exact) mass is 289 g/mol. The SMILES string of the molecule is Brc1ccc(NC2=NCCC[NH2+]2)cc1.[Cl-]. The molecule has 0 saturated carbocycles. The second-order valence-electron chi connectivity index (χ2n) is 3.25. The molecule has 5 heteroatoms. The first kappa shape index (κ1) is 12.5. The standard InChI is InChI=1S/C10H12BrN3.ClH/c11-8-2-4-9(5-3-8)14-10-12-6-1-7-13-10;/h2-5H,1,6-7H2,(H2,12,13,14);1H. The van der Waals surface area contributed by atoms with E-state index >= 15 is 0 Å². The Balaban J connectivity index is 0.00000112. The lowest BCUT2D eigenvalue weighted by Gasteiger charge is -2.10. The molecule has 0 radical (unpaired) electrons. The van der Waals surface area contributed by atoms with Gasteiger partial charge in [0.1, 0.15) is 0 Å². The van der Waals surface area contributed by atoms with E-state index in [1.54, 1.807) is 0 Å². The highest BCUT2D eigenvalue weighted by Crippen LogP contribution is 2.13. The van der Waals surface area contributed by atoms with Crippen molar-refractivity contribution >= 4 is 27.6 Å². The van der Waals surface area contributed by atoms with Crippen LogP contribution in [0.1, 0.15) is 6.42 Å². The Labute approximate surface area is 104 Å². The number of rotatable bonds is 1. The summed E-state index contributed by atoms with van der Waals surface area (Å²) >= 11 is 3.40. The molecule has 2 rings (SSSR count). The minimum Gasteiger partial charge on any atom is -1.00 e. The smallest absolute Gasteiger partial charge is 0.298 e. The molecule has 0 atom stereocenters. The Bertz CT molecular complexity index is 337. The van der Waals surface area contributed by atoms with Crippen molar-refractivity contribution < 1.29 is 17.7 Å². The van der Waals surface area contributed by atoms with Crippen LogP contribution in [0.2, 0.25) is 0 Å². The topological polar surface area (TPSA) is 41.0 Å². The minimum atomic E-state index is 0. The maximum absolute atomic E-state index is 4.39. The van der Waals surface area contributed by atoms with E-state index in [1.807, 2.05) is 24.3 Å². The van der Waals surface area contributed by atoms with Gasteiger partial charge in [0.15, 0.2) is 0 Å². The quantitative estimate of drug-likeness (QED) is 0.629. The van der Waals surface area contributed by atoms with Gasteiger partial charge in [-0.25, -0.2) is 4.99 Å². The second-order valence-corrected chi connectivity index (χ2v) is 4.16. The molecule has 3 nitrogen and oxygen atoms in total. The molecule has 1 heterocycles. The number of anilines is 1. The predicted octanol–water partition coefficient (Wildman–Crippen LogP) is -1.81. The third-order valence-corrected chi connectivity index (χ3v) is 2.63. The Morgan fingerprint density at radius 2 is 2.00 bits per heavy atom. The van der Waals surface area contributed by atoms with E-state index in [1.165, 1.54) is 6.42 Å². The van der Waals surface area contributed by atoms with E-state index in [4.69, 9.17) is 0 Å². The Morgan fingerprint density at radius 3 is 2.60 bits per heavy atom. The highest BCUT2D eigenvalue weighted by atomic mass is 79.9. The van der Waals surface area contributed by atoms with Crippen molar-refractivity contribution in [1.29, 1.82) is 0 Å². The lowest BCUT2D eigenvalue weighted by molar-refractivity contribution is -0.543. The molecule has 0 bridgehead atoms. The minimum absolute atomic E-state index is 0. The van der Waals surface area contributed by atoms with E-state index in [9.17, 15) is 0 Å². The maximum atomic E-state index is 4.39. The number of nitrogens with two attached hydrogens (primary N) is 1. The maximum Gasteiger partial charge on any atom is 0.298 e. The van der Waals surface area contributed by atoms with Crippen LogP contribution in [-0.4, -0.2) is 19.0 Å². The lowest BCUT2D eigenvalue weighted by atomic mass is 10.3. The molecule has 0 aliphatic carbocycles. The van der Waals surface area contributed by atoms with Gasteiger partial charge in [0.2, 0.25) is 0 Å². The zero-order valence-electron chi connectivity index (χ0n) is 8.21. The van der Waals surface area contributed by atoms with E-state index in [0.29, 0.717) is 0 Å². The van der Waals surface area contributed by atoms with Crippen LogP contribution in [0.25, 0.3) is 0 Å². The number of quaternary nitrogens is 1. The molecule has 0 fully saturated rings. The molecule has 0 spiro atoms. The summed E-state index contributed by atoms with van der Waals surface area (Å²) in [6.07, 6.45) is 1.17. The van der Waals surface area contributed by atoms with Crippen molar-refractivity contribution in [3.8, 4) is 0 Å². The average Bonchev–Trinajstić information content (AvgIpc) is 2.23. The summed E-state index contributed by atoms with van der Waals surface area (Å²) in [4.78, 5) is 4.39. The van der Waals surface area contributed by atoms with Crippen LogP contribution in [0.15, 0.2) is 33.7 Å².